The Labute approximate surface area is 271 Å². The molecule has 0 bridgehead atoms. The summed E-state index contributed by atoms with van der Waals surface area (Å²) in [5.74, 6) is -0.574. The Kier molecular flexibility index (Phi) is 9.77. The zero-order valence-corrected chi connectivity index (χ0v) is 27.7. The van der Waals surface area contributed by atoms with Crippen molar-refractivity contribution in [2.45, 2.75) is 39.5 Å². The van der Waals surface area contributed by atoms with Crippen LogP contribution in [0.25, 0.3) is 10.9 Å². The van der Waals surface area contributed by atoms with Crippen molar-refractivity contribution in [3.05, 3.63) is 75.5 Å². The Morgan fingerprint density at radius 1 is 1.11 bits per heavy atom. The number of sulfonamides is 1. The molecule has 2 aromatic carbocycles. The Bertz CT molecular complexity index is 1960. The summed E-state index contributed by atoms with van der Waals surface area (Å²) in [6, 6.07) is 10.7. The number of likely N-dealkylation sites (N-methyl/N-ethyl adjacent to an activating group) is 1. The third-order valence-corrected chi connectivity index (χ3v) is 10.0. The van der Waals surface area contributed by atoms with Crippen molar-refractivity contribution in [2.75, 3.05) is 51.0 Å². The number of nitrogens with zero attached hydrogens (tertiary/aromatic N) is 5. The van der Waals surface area contributed by atoms with Crippen molar-refractivity contribution in [3.8, 4) is 17.2 Å². The average molecular weight is 672 g/mol. The standard InChI is InChI=1S/C32H38FN5O8S/c1-6-36-17-20(2)38-27-26(29(45-5)28(38)32(36)41)31(40)37(34-30(27)35(3)47(42,43)15-7-14-39)18-22-10-11-23(33)16-25(22)46-19-21-8-12-24(44-4)13-9-21/h8-13,16,20,39H,6-7,14-15,17-19H2,1-5H3. The Morgan fingerprint density at radius 2 is 1.83 bits per heavy atom. The fraction of sp³-hybridized carbons (Fsp3) is 0.406. The first-order valence-corrected chi connectivity index (χ1v) is 16.7. The van der Waals surface area contributed by atoms with E-state index in [4.69, 9.17) is 14.2 Å². The molecule has 1 N–H and O–H groups in total. The van der Waals surface area contributed by atoms with Gasteiger partial charge in [-0.3, -0.25) is 13.9 Å². The lowest BCUT2D eigenvalue weighted by Gasteiger charge is -2.33. The summed E-state index contributed by atoms with van der Waals surface area (Å²) < 4.78 is 61.8. The van der Waals surface area contributed by atoms with Gasteiger partial charge in [-0.2, -0.15) is 0 Å². The van der Waals surface area contributed by atoms with Gasteiger partial charge in [-0.15, -0.1) is 5.10 Å². The molecule has 2 aromatic heterocycles. The fourth-order valence-electron chi connectivity index (χ4n) is 5.74. The van der Waals surface area contributed by atoms with Gasteiger partial charge in [0.05, 0.1) is 26.5 Å². The molecule has 0 saturated carbocycles. The van der Waals surface area contributed by atoms with Gasteiger partial charge in [0.1, 0.15) is 34.8 Å². The highest BCUT2D eigenvalue weighted by Crippen LogP contribution is 2.41. The number of ether oxygens (including phenoxy) is 3. The second kappa shape index (κ2) is 13.6. The van der Waals surface area contributed by atoms with Gasteiger partial charge >= 0.3 is 0 Å². The lowest BCUT2D eigenvalue weighted by molar-refractivity contribution is 0.0685. The zero-order valence-electron chi connectivity index (χ0n) is 26.9. The number of aliphatic hydroxyl groups is 1. The molecule has 3 heterocycles. The molecule has 0 aliphatic carbocycles. The number of fused-ring (bicyclic) bond motifs is 3. The third kappa shape index (κ3) is 6.37. The Balaban J connectivity index is 1.68. The van der Waals surface area contributed by atoms with Crippen LogP contribution < -0.4 is 24.1 Å². The van der Waals surface area contributed by atoms with Crippen LogP contribution in [0, 0.1) is 5.82 Å². The molecule has 0 radical (unpaired) electrons. The summed E-state index contributed by atoms with van der Waals surface area (Å²) >= 11 is 0. The maximum absolute atomic E-state index is 14.4. The second-order valence-electron chi connectivity index (χ2n) is 11.2. The van der Waals surface area contributed by atoms with Gasteiger partial charge in [0.25, 0.3) is 11.5 Å². The number of rotatable bonds is 13. The van der Waals surface area contributed by atoms with Crippen molar-refractivity contribution < 1.29 is 36.9 Å². The molecule has 47 heavy (non-hydrogen) atoms. The van der Waals surface area contributed by atoms with Gasteiger partial charge in [-0.05, 0) is 44.0 Å². The summed E-state index contributed by atoms with van der Waals surface area (Å²) in [6.45, 7) is 3.97. The predicted octanol–water partition coefficient (Wildman–Crippen LogP) is 3.17. The van der Waals surface area contributed by atoms with Crippen LogP contribution in [0.15, 0.2) is 47.3 Å². The highest BCUT2D eigenvalue weighted by Gasteiger charge is 2.39. The molecule has 1 aliphatic heterocycles. The first-order chi connectivity index (χ1) is 22.4. The number of carbonyl (C=O) groups is 1. The normalized spacial score (nSPS) is 14.7. The quantitative estimate of drug-likeness (QED) is 0.227. The number of aliphatic hydroxyl groups excluding tert-OH is 1. The van der Waals surface area contributed by atoms with Gasteiger partial charge in [0.15, 0.2) is 17.3 Å². The number of anilines is 1. The molecule has 252 valence electrons. The number of amides is 1. The Hall–Kier alpha value is -4.63. The topological polar surface area (TPSA) is 145 Å². The highest BCUT2D eigenvalue weighted by molar-refractivity contribution is 7.92. The molecule has 1 aliphatic rings. The van der Waals surface area contributed by atoms with Crippen LogP contribution in [0.4, 0.5) is 10.2 Å². The van der Waals surface area contributed by atoms with Crippen LogP contribution in [-0.4, -0.2) is 85.4 Å². The zero-order chi connectivity index (χ0) is 34.0. The van der Waals surface area contributed by atoms with Crippen LogP contribution in [-0.2, 0) is 23.2 Å². The molecule has 4 aromatic rings. The summed E-state index contributed by atoms with van der Waals surface area (Å²) in [5, 5.41) is 13.9. The molecular weight excluding hydrogens is 633 g/mol. The van der Waals surface area contributed by atoms with E-state index in [1.165, 1.54) is 32.4 Å². The summed E-state index contributed by atoms with van der Waals surface area (Å²) in [6.07, 6.45) is -0.0180. The van der Waals surface area contributed by atoms with E-state index in [2.05, 4.69) is 5.10 Å². The van der Waals surface area contributed by atoms with Crippen molar-refractivity contribution in [1.82, 2.24) is 19.2 Å². The van der Waals surface area contributed by atoms with E-state index in [1.54, 1.807) is 40.8 Å². The van der Waals surface area contributed by atoms with E-state index in [9.17, 15) is 27.5 Å². The van der Waals surface area contributed by atoms with Crippen molar-refractivity contribution >= 4 is 32.7 Å². The van der Waals surface area contributed by atoms with Gasteiger partial charge in [-0.25, -0.2) is 17.5 Å². The number of hydrogen-bond donors (Lipinski definition) is 1. The van der Waals surface area contributed by atoms with Crippen molar-refractivity contribution in [2.24, 2.45) is 0 Å². The summed E-state index contributed by atoms with van der Waals surface area (Å²) in [5.41, 5.74) is 0.804. The van der Waals surface area contributed by atoms with Crippen molar-refractivity contribution in [3.63, 3.8) is 0 Å². The summed E-state index contributed by atoms with van der Waals surface area (Å²) in [4.78, 5) is 29.5. The largest absolute Gasteiger partial charge is 0.497 e. The minimum absolute atomic E-state index is 0.00800. The van der Waals surface area contributed by atoms with Gasteiger partial charge < -0.3 is 28.8 Å². The van der Waals surface area contributed by atoms with Crippen LogP contribution in [0.3, 0.4) is 0 Å². The smallest absolute Gasteiger partial charge is 0.280 e. The van der Waals surface area contributed by atoms with E-state index in [1.807, 2.05) is 13.8 Å². The maximum atomic E-state index is 14.4. The highest BCUT2D eigenvalue weighted by atomic mass is 32.2. The lowest BCUT2D eigenvalue weighted by atomic mass is 10.2. The average Bonchev–Trinajstić information content (AvgIpc) is 3.43. The number of hydrogen-bond acceptors (Lipinski definition) is 9. The molecule has 15 heteroatoms. The lowest BCUT2D eigenvalue weighted by Crippen LogP contribution is -2.42. The molecule has 0 fully saturated rings. The van der Waals surface area contributed by atoms with Gasteiger partial charge in [-0.1, -0.05) is 18.2 Å². The molecule has 0 spiro atoms. The van der Waals surface area contributed by atoms with Gasteiger partial charge in [0.2, 0.25) is 10.0 Å². The molecule has 5 rings (SSSR count). The number of benzene rings is 2. The monoisotopic (exact) mass is 671 g/mol. The molecule has 1 atom stereocenters. The third-order valence-electron chi connectivity index (χ3n) is 8.22. The van der Waals surface area contributed by atoms with Crippen LogP contribution in [0.1, 0.15) is 47.9 Å². The molecule has 1 unspecified atom stereocenters. The van der Waals surface area contributed by atoms with E-state index in [0.29, 0.717) is 24.4 Å². The number of halogens is 1. The number of methoxy groups -OCH3 is 2. The van der Waals surface area contributed by atoms with Crippen LogP contribution in [0.5, 0.6) is 17.2 Å². The molecule has 1 amide bonds. The predicted molar refractivity (Wildman–Crippen MR) is 174 cm³/mol. The number of carbonyl (C=O) groups excluding carboxylic acids is 1. The van der Waals surface area contributed by atoms with Crippen molar-refractivity contribution in [1.29, 1.82) is 0 Å². The molecule has 13 nitrogen and oxygen atoms in total. The van der Waals surface area contributed by atoms with E-state index >= 15 is 0 Å². The van der Waals surface area contributed by atoms with E-state index in [0.717, 1.165) is 14.6 Å². The minimum Gasteiger partial charge on any atom is -0.497 e. The fourth-order valence-corrected chi connectivity index (χ4v) is 6.89. The Morgan fingerprint density at radius 3 is 2.47 bits per heavy atom. The van der Waals surface area contributed by atoms with Crippen LogP contribution >= 0.6 is 0 Å². The minimum atomic E-state index is -4.04. The second-order valence-corrected chi connectivity index (χ2v) is 13.3. The first kappa shape index (κ1) is 33.7. The molecular formula is C32H38FN5O8S. The number of aromatic nitrogens is 3. The summed E-state index contributed by atoms with van der Waals surface area (Å²) in [7, 11) is 0.176. The van der Waals surface area contributed by atoms with E-state index < -0.39 is 21.4 Å². The maximum Gasteiger partial charge on any atom is 0.280 e. The van der Waals surface area contributed by atoms with Gasteiger partial charge in [0, 0.05) is 44.4 Å². The first-order valence-electron chi connectivity index (χ1n) is 15.1. The van der Waals surface area contributed by atoms with E-state index in [-0.39, 0.29) is 77.8 Å². The SMILES string of the molecule is CCN1CC(C)n2c(c(OC)c3c(=O)n(Cc4ccc(F)cc4OCc4ccc(OC)cc4)nc(N(C)S(=O)(=O)CCCO)c32)C1=O. The molecule has 0 saturated heterocycles. The van der Waals surface area contributed by atoms with Crippen LogP contribution in [0.2, 0.25) is 0 Å².